The normalized spacial score (nSPS) is 12.8. The van der Waals surface area contributed by atoms with Crippen LogP contribution in [0.3, 0.4) is 0 Å². The minimum absolute atomic E-state index is 0.0330. The predicted octanol–water partition coefficient (Wildman–Crippen LogP) is 5.47. The molecule has 0 spiro atoms. The first-order chi connectivity index (χ1) is 9.04. The minimum atomic E-state index is -0.634. The molecule has 1 rings (SSSR count). The molecule has 1 aromatic rings. The maximum atomic E-state index is 14.0. The number of halogens is 3. The van der Waals surface area contributed by atoms with Crippen molar-refractivity contribution in [2.45, 2.75) is 44.9 Å². The quantitative estimate of drug-likeness (QED) is 0.605. The molecule has 0 saturated heterocycles. The molecule has 0 saturated carbocycles. The average molecular weight is 291 g/mol. The number of hydrogen-bond acceptors (Lipinski definition) is 1. The molecule has 0 radical (unpaired) electrons. The van der Waals surface area contributed by atoms with Gasteiger partial charge in [0.1, 0.15) is 17.4 Å². The Morgan fingerprint density at radius 3 is 1.95 bits per heavy atom. The summed E-state index contributed by atoms with van der Waals surface area (Å²) in [5, 5.41) is -0.634. The van der Waals surface area contributed by atoms with E-state index in [9.17, 15) is 8.78 Å². The third kappa shape index (κ3) is 4.07. The molecule has 0 bridgehead atoms. The maximum absolute atomic E-state index is 14.0. The molecule has 0 heterocycles. The van der Waals surface area contributed by atoms with Crippen LogP contribution >= 0.6 is 11.6 Å². The van der Waals surface area contributed by atoms with E-state index in [4.69, 9.17) is 16.3 Å². The standard InChI is InChI=1S/C15H21ClF2O/c1-4-6-10(7-5-2)15(16)14-12(17)8-11(19-3)9-13(14)18/h8-10,15H,4-7H2,1-3H3. The average Bonchev–Trinajstić information content (AvgIpc) is 2.37. The monoisotopic (exact) mass is 290 g/mol. The Morgan fingerprint density at radius 1 is 1.11 bits per heavy atom. The number of rotatable bonds is 7. The highest BCUT2D eigenvalue weighted by Gasteiger charge is 2.26. The summed E-state index contributed by atoms with van der Waals surface area (Å²) in [5.41, 5.74) is -0.0330. The van der Waals surface area contributed by atoms with Crippen molar-refractivity contribution in [3.8, 4) is 5.75 Å². The van der Waals surface area contributed by atoms with Crippen LogP contribution in [0.25, 0.3) is 0 Å². The van der Waals surface area contributed by atoms with E-state index in [0.29, 0.717) is 0 Å². The topological polar surface area (TPSA) is 9.23 Å². The highest BCUT2D eigenvalue weighted by atomic mass is 35.5. The van der Waals surface area contributed by atoms with Crippen molar-refractivity contribution < 1.29 is 13.5 Å². The van der Waals surface area contributed by atoms with Crippen molar-refractivity contribution in [1.29, 1.82) is 0 Å². The van der Waals surface area contributed by atoms with Gasteiger partial charge in [-0.15, -0.1) is 11.6 Å². The summed E-state index contributed by atoms with van der Waals surface area (Å²) in [7, 11) is 1.38. The number of ether oxygens (including phenoxy) is 1. The summed E-state index contributed by atoms with van der Waals surface area (Å²) in [6.07, 6.45) is 3.64. The van der Waals surface area contributed by atoms with Crippen molar-refractivity contribution in [2.24, 2.45) is 5.92 Å². The zero-order chi connectivity index (χ0) is 14.4. The van der Waals surface area contributed by atoms with Gasteiger partial charge in [-0.25, -0.2) is 8.78 Å². The second kappa shape index (κ2) is 7.68. The van der Waals surface area contributed by atoms with E-state index < -0.39 is 17.0 Å². The van der Waals surface area contributed by atoms with E-state index in [1.165, 1.54) is 19.2 Å². The van der Waals surface area contributed by atoms with E-state index in [1.807, 2.05) is 13.8 Å². The first-order valence-electron chi connectivity index (χ1n) is 6.72. The highest BCUT2D eigenvalue weighted by Crippen LogP contribution is 2.38. The van der Waals surface area contributed by atoms with Crippen LogP contribution in [0.2, 0.25) is 0 Å². The predicted molar refractivity (Wildman–Crippen MR) is 74.8 cm³/mol. The molecule has 0 fully saturated rings. The summed E-state index contributed by atoms with van der Waals surface area (Å²) in [5.74, 6) is -0.998. The highest BCUT2D eigenvalue weighted by molar-refractivity contribution is 6.21. The van der Waals surface area contributed by atoms with Crippen LogP contribution in [0.15, 0.2) is 12.1 Å². The molecule has 0 N–H and O–H groups in total. The van der Waals surface area contributed by atoms with Crippen molar-refractivity contribution in [2.75, 3.05) is 7.11 Å². The van der Waals surface area contributed by atoms with Gasteiger partial charge in [0.15, 0.2) is 0 Å². The third-order valence-electron chi connectivity index (χ3n) is 3.30. The van der Waals surface area contributed by atoms with Crippen LogP contribution in [-0.2, 0) is 0 Å². The van der Waals surface area contributed by atoms with E-state index in [0.717, 1.165) is 25.7 Å². The largest absolute Gasteiger partial charge is 0.497 e. The lowest BCUT2D eigenvalue weighted by Crippen LogP contribution is -2.11. The lowest BCUT2D eigenvalue weighted by molar-refractivity contribution is 0.391. The van der Waals surface area contributed by atoms with Gasteiger partial charge in [-0.05, 0) is 18.8 Å². The molecule has 0 aliphatic rings. The van der Waals surface area contributed by atoms with Gasteiger partial charge in [0.25, 0.3) is 0 Å². The molecule has 4 heteroatoms. The molecule has 1 nitrogen and oxygen atoms in total. The molecule has 19 heavy (non-hydrogen) atoms. The van der Waals surface area contributed by atoms with Crippen LogP contribution < -0.4 is 4.74 Å². The van der Waals surface area contributed by atoms with Crippen LogP contribution in [0, 0.1) is 17.6 Å². The molecule has 0 aliphatic heterocycles. The van der Waals surface area contributed by atoms with Gasteiger partial charge < -0.3 is 4.74 Å². The van der Waals surface area contributed by atoms with Crippen molar-refractivity contribution in [3.05, 3.63) is 29.3 Å². The fraction of sp³-hybridized carbons (Fsp3) is 0.600. The first-order valence-corrected chi connectivity index (χ1v) is 7.15. The summed E-state index contributed by atoms with van der Waals surface area (Å²) >= 11 is 6.32. The van der Waals surface area contributed by atoms with Gasteiger partial charge in [0.05, 0.1) is 12.5 Å². The summed E-state index contributed by atoms with van der Waals surface area (Å²) in [6.45, 7) is 4.10. The fourth-order valence-electron chi connectivity index (χ4n) is 2.36. The molecular formula is C15H21ClF2O. The molecule has 1 aromatic carbocycles. The van der Waals surface area contributed by atoms with E-state index in [1.54, 1.807) is 0 Å². The number of methoxy groups -OCH3 is 1. The Balaban J connectivity index is 3.06. The van der Waals surface area contributed by atoms with E-state index in [-0.39, 0.29) is 17.2 Å². The number of hydrogen-bond donors (Lipinski definition) is 0. The Morgan fingerprint density at radius 2 is 1.58 bits per heavy atom. The maximum Gasteiger partial charge on any atom is 0.134 e. The number of benzene rings is 1. The number of alkyl halides is 1. The lowest BCUT2D eigenvalue weighted by atomic mass is 9.90. The van der Waals surface area contributed by atoms with Gasteiger partial charge in [0.2, 0.25) is 0 Å². The zero-order valence-electron chi connectivity index (χ0n) is 11.7. The SMILES string of the molecule is CCCC(CCC)C(Cl)c1c(F)cc(OC)cc1F. The minimum Gasteiger partial charge on any atom is -0.497 e. The molecule has 1 unspecified atom stereocenters. The van der Waals surface area contributed by atoms with Crippen LogP contribution in [0.4, 0.5) is 8.78 Å². The lowest BCUT2D eigenvalue weighted by Gasteiger charge is -2.22. The van der Waals surface area contributed by atoms with E-state index >= 15 is 0 Å². The van der Waals surface area contributed by atoms with Gasteiger partial charge in [-0.1, -0.05) is 26.7 Å². The molecule has 0 aliphatic carbocycles. The van der Waals surface area contributed by atoms with Gasteiger partial charge in [0, 0.05) is 17.7 Å². The van der Waals surface area contributed by atoms with Crippen LogP contribution in [0.5, 0.6) is 5.75 Å². The fourth-order valence-corrected chi connectivity index (χ4v) is 2.82. The Bertz CT molecular complexity index is 380. The smallest absolute Gasteiger partial charge is 0.134 e. The molecule has 0 amide bonds. The van der Waals surface area contributed by atoms with Crippen LogP contribution in [-0.4, -0.2) is 7.11 Å². The molecule has 108 valence electrons. The van der Waals surface area contributed by atoms with Crippen molar-refractivity contribution in [3.63, 3.8) is 0 Å². The molecule has 0 aromatic heterocycles. The Hall–Kier alpha value is -0.830. The van der Waals surface area contributed by atoms with Gasteiger partial charge >= 0.3 is 0 Å². The molecular weight excluding hydrogens is 270 g/mol. The first kappa shape index (κ1) is 16.2. The Kier molecular flexibility index (Phi) is 6.56. The second-order valence-electron chi connectivity index (χ2n) is 4.74. The molecule has 1 atom stereocenters. The summed E-state index contributed by atoms with van der Waals surface area (Å²) in [6, 6.07) is 2.37. The van der Waals surface area contributed by atoms with Gasteiger partial charge in [-0.3, -0.25) is 0 Å². The van der Waals surface area contributed by atoms with Crippen molar-refractivity contribution >= 4 is 11.6 Å². The van der Waals surface area contributed by atoms with Crippen molar-refractivity contribution in [1.82, 2.24) is 0 Å². The third-order valence-corrected chi connectivity index (χ3v) is 3.87. The summed E-state index contributed by atoms with van der Waals surface area (Å²) < 4.78 is 32.8. The second-order valence-corrected chi connectivity index (χ2v) is 5.21. The van der Waals surface area contributed by atoms with E-state index in [2.05, 4.69) is 0 Å². The van der Waals surface area contributed by atoms with Gasteiger partial charge in [-0.2, -0.15) is 0 Å². The summed E-state index contributed by atoms with van der Waals surface area (Å²) in [4.78, 5) is 0. The Labute approximate surface area is 118 Å². The zero-order valence-corrected chi connectivity index (χ0v) is 12.4. The van der Waals surface area contributed by atoms with Crippen LogP contribution in [0.1, 0.15) is 50.5 Å².